The Balaban J connectivity index is 0.000000194. The Hall–Kier alpha value is -10.6. The van der Waals surface area contributed by atoms with Crippen LogP contribution in [0.25, 0.3) is 5.69 Å². The first-order valence-electron chi connectivity index (χ1n) is 42.1. The van der Waals surface area contributed by atoms with Gasteiger partial charge in [0.25, 0.3) is 11.1 Å². The number of ether oxygens (including phenoxy) is 5. The number of aryl methyl sites for hydroxylation is 4. The van der Waals surface area contributed by atoms with Crippen molar-refractivity contribution in [3.05, 3.63) is 313 Å². The fraction of sp³-hybridized carbons (Fsp3) is 0.265. The number of aliphatic carboxylic acids is 3. The zero-order chi connectivity index (χ0) is 101. The summed E-state index contributed by atoms with van der Waals surface area (Å²) < 4.78 is 57.6. The third kappa shape index (κ3) is 31.7. The fourth-order valence-corrected chi connectivity index (χ4v) is 20.0. The summed E-state index contributed by atoms with van der Waals surface area (Å²) in [7, 11) is -3.42. The molecular formula is C98H97Br2Cl3I3N8O22P. The third-order valence-corrected chi connectivity index (χ3v) is 26.7. The molecule has 1 amide bonds. The predicted molar refractivity (Wildman–Crippen MR) is 555 cm³/mol. The van der Waals surface area contributed by atoms with E-state index < -0.39 is 60.8 Å². The summed E-state index contributed by atoms with van der Waals surface area (Å²) in [6.07, 6.45) is 1.27. The van der Waals surface area contributed by atoms with E-state index in [1.54, 1.807) is 72.8 Å². The molecule has 1 aliphatic heterocycles. The molecule has 39 heteroatoms. The Kier molecular flexibility index (Phi) is 40.4. The van der Waals surface area contributed by atoms with Crippen LogP contribution in [0.3, 0.4) is 0 Å². The molecule has 137 heavy (non-hydrogen) atoms. The quantitative estimate of drug-likeness (QED) is 0.0123. The summed E-state index contributed by atoms with van der Waals surface area (Å²) in [4.78, 5) is 80.9. The maximum absolute atomic E-state index is 13.2. The van der Waals surface area contributed by atoms with Crippen LogP contribution in [0, 0.1) is 49.7 Å². The number of H-pyrrole nitrogens is 2. The zero-order valence-corrected chi connectivity index (χ0v) is 88.6. The minimum absolute atomic E-state index is 0.00463. The summed E-state index contributed by atoms with van der Waals surface area (Å²) in [5.41, 5.74) is 17.3. The highest BCUT2D eigenvalue weighted by Gasteiger charge is 2.36. The number of halogens is 8. The average molecular weight is 2420 g/mol. The number of hydrogen-bond donors (Lipinski definition) is 11. The van der Waals surface area contributed by atoms with E-state index in [-0.39, 0.29) is 93.6 Å². The smallest absolute Gasteiger partial charge is 0.368 e. The number of carbonyl (C=O) groups excluding carboxylic acids is 1. The first-order valence-corrected chi connectivity index (χ1v) is 49.8. The molecule has 12 aromatic rings. The van der Waals surface area contributed by atoms with Crippen LogP contribution < -0.4 is 51.5 Å². The van der Waals surface area contributed by atoms with Gasteiger partial charge >= 0.3 is 31.2 Å². The maximum atomic E-state index is 13.2. The highest BCUT2D eigenvalue weighted by molar-refractivity contribution is 14.1. The van der Waals surface area contributed by atoms with Crippen molar-refractivity contribution in [1.29, 1.82) is 5.26 Å². The van der Waals surface area contributed by atoms with Gasteiger partial charge in [0.05, 0.1) is 48.1 Å². The lowest BCUT2D eigenvalue weighted by Crippen LogP contribution is -2.33. The van der Waals surface area contributed by atoms with Crippen LogP contribution in [0.15, 0.2) is 187 Å². The van der Waals surface area contributed by atoms with E-state index in [1.165, 1.54) is 29.3 Å². The fourth-order valence-electron chi connectivity index (χ4n) is 13.8. The highest BCUT2D eigenvalue weighted by Crippen LogP contribution is 2.56. The van der Waals surface area contributed by atoms with Crippen LogP contribution in [-0.4, -0.2) is 110 Å². The lowest BCUT2D eigenvalue weighted by atomic mass is 9.93. The lowest BCUT2D eigenvalue weighted by Gasteiger charge is -2.30. The van der Waals surface area contributed by atoms with Gasteiger partial charge in [0.1, 0.15) is 64.5 Å². The molecule has 0 spiro atoms. The number of rotatable bonds is 28. The molecule has 1 aliphatic rings. The normalized spacial score (nSPS) is 13.4. The molecule has 1 saturated heterocycles. The maximum Gasteiger partial charge on any atom is 0.368 e. The SMILES string of the molecule is CC(C)c1cc(Oc2c(Br)cc(NC(=O)CC(=O)O)cc2Br)ccc1O.CC(C)c1cc(Oc2c(Cl)cc(-n3nc(C#N)c(=O)[nH]c3=O)cc2Cl)n[nH]c1=O.Cc1cc(OCC(=O)O)cc(C)c1Cc1ccc(O)c(C(C)C)c1.Cc1cc(OCP2(=O)OCCC(c3cccc(Cl)c3)O2)cc(C)c1Cc1ccc(O)c(C(C)C)c1.NC(Cc1cc(I)c(Oc2ccc(O)c(I)c2)c(I)c1)C(=O)O. The second-order valence-corrected chi connectivity index (χ2v) is 41.0. The van der Waals surface area contributed by atoms with Gasteiger partial charge in [-0.1, -0.05) is 127 Å². The number of aromatic hydroxyl groups is 4. The summed E-state index contributed by atoms with van der Waals surface area (Å²) in [5, 5.41) is 87.7. The minimum Gasteiger partial charge on any atom is -0.508 e. The standard InChI is InChI=1S/C28H32ClO5P.C20H24O4.C18H17Br2NO5.C17H12Cl2N6O4.C15H12I3NO4/c1-18(2)25-14-21(8-9-27(25)30)15-26-19(3)12-24(13-20(26)4)32-17-35(31)33-11-10-28(34-35)22-6-5-7-23(29)16-22;1-12(2)17-9-15(5-6-19(17)21)10-18-13(3)7-16(8-14(18)4)24-11-20(22)23;1-9(2)12-7-11(3-4-15(12)22)26-18-13(19)5-10(6-14(18)20)21-16(23)8-17(24)25;1-7(2)9-5-13(22-23-15(9)26)29-14-10(18)3-8(4-11(14)19)25-17(28)21-16(27)12(6-20)24-25;16-9-6-8(1-2-13(9)20)23-14-10(17)3-7(4-11(14)18)5-12(19)15(21)22/h5-9,12-14,16,18,28,30H,10-11,15,17H2,1-4H3;5-9,12,21H,10-11H2,1-4H3,(H,22,23);3-7,9,22H,8H2,1-2H3,(H,21,23)(H,24,25);3-5,7H,1-2H3,(H,23,26)(H,21,27,28);1-4,6,12,20H,5,19H2,(H,21,22). The monoisotopic (exact) mass is 2410 g/mol. The minimum atomic E-state index is -3.42. The predicted octanol–water partition coefficient (Wildman–Crippen LogP) is 23.6. The molecule has 722 valence electrons. The zero-order valence-electron chi connectivity index (χ0n) is 75.8. The van der Waals surface area contributed by atoms with Gasteiger partial charge in [0, 0.05) is 34.3 Å². The molecule has 0 aliphatic carbocycles. The van der Waals surface area contributed by atoms with Crippen LogP contribution in [0.2, 0.25) is 15.1 Å². The number of carboxylic acids is 3. The van der Waals surface area contributed by atoms with Crippen molar-refractivity contribution >= 4 is 172 Å². The van der Waals surface area contributed by atoms with Crippen molar-refractivity contribution in [3.8, 4) is 80.9 Å². The van der Waals surface area contributed by atoms with E-state index in [1.807, 2.05) is 156 Å². The number of nitrogens with one attached hydrogen (secondary N) is 3. The molecule has 12 N–H and O–H groups in total. The molecule has 3 unspecified atom stereocenters. The van der Waals surface area contributed by atoms with Crippen molar-refractivity contribution in [1.82, 2.24) is 25.0 Å². The van der Waals surface area contributed by atoms with Gasteiger partial charge in [-0.25, -0.2) is 14.7 Å². The second kappa shape index (κ2) is 50.3. The van der Waals surface area contributed by atoms with Gasteiger partial charge < -0.3 is 75.0 Å². The second-order valence-electron chi connectivity index (χ2n) is 32.6. The number of nitrogens with zero attached hydrogens (tertiary/aromatic N) is 4. The Bertz CT molecular complexity index is 6660. The number of anilines is 1. The number of aromatic amines is 2. The highest BCUT2D eigenvalue weighted by atomic mass is 127. The van der Waals surface area contributed by atoms with Crippen LogP contribution in [0.1, 0.15) is 182 Å². The summed E-state index contributed by atoms with van der Waals surface area (Å²) in [5.74, 6) is 1.50. The molecule has 13 rings (SSSR count). The molecule has 30 nitrogen and oxygen atoms in total. The first-order chi connectivity index (χ1) is 64.6. The van der Waals surface area contributed by atoms with Crippen LogP contribution in [-0.2, 0) is 52.1 Å². The number of amides is 1. The first kappa shape index (κ1) is 110. The van der Waals surface area contributed by atoms with E-state index >= 15 is 0 Å². The molecule has 2 aromatic heterocycles. The van der Waals surface area contributed by atoms with Crippen molar-refractivity contribution in [2.45, 2.75) is 151 Å². The molecule has 10 aromatic carbocycles. The summed E-state index contributed by atoms with van der Waals surface area (Å²) in [6.45, 7) is 24.0. The number of nitriles is 1. The molecule has 0 bridgehead atoms. The molecule has 1 fully saturated rings. The average Bonchev–Trinajstić information content (AvgIpc) is 0.784. The van der Waals surface area contributed by atoms with Gasteiger partial charge in [-0.15, -0.1) is 10.2 Å². The Morgan fingerprint density at radius 2 is 1.09 bits per heavy atom. The van der Waals surface area contributed by atoms with Gasteiger partial charge in [0.2, 0.25) is 17.5 Å². The Morgan fingerprint density at radius 3 is 1.59 bits per heavy atom. The Labute approximate surface area is 861 Å². The van der Waals surface area contributed by atoms with Crippen molar-refractivity contribution in [2.75, 3.05) is 24.9 Å². The van der Waals surface area contributed by atoms with Crippen molar-refractivity contribution < 1.29 is 92.2 Å². The van der Waals surface area contributed by atoms with Gasteiger partial charge in [-0.2, -0.15) is 9.94 Å². The van der Waals surface area contributed by atoms with E-state index in [2.05, 4.69) is 131 Å². The van der Waals surface area contributed by atoms with Crippen molar-refractivity contribution in [2.24, 2.45) is 5.73 Å². The largest absolute Gasteiger partial charge is 0.508 e. The molecular weight excluding hydrogens is 2320 g/mol. The van der Waals surface area contributed by atoms with Crippen molar-refractivity contribution in [3.63, 3.8) is 0 Å². The van der Waals surface area contributed by atoms with Crippen LogP contribution in [0.5, 0.6) is 69.1 Å². The number of carbonyl (C=O) groups is 4. The van der Waals surface area contributed by atoms with Gasteiger partial charge in [-0.3, -0.25) is 38.0 Å². The van der Waals surface area contributed by atoms with Crippen LogP contribution >= 0.6 is 142 Å². The van der Waals surface area contributed by atoms with Crippen LogP contribution in [0.4, 0.5) is 5.69 Å². The number of phenolic OH excluding ortho intramolecular Hbond substituents is 4. The molecule has 3 heterocycles. The van der Waals surface area contributed by atoms with E-state index in [4.69, 9.17) is 93.8 Å². The third-order valence-electron chi connectivity index (χ3n) is 20.7. The number of carboxylic acid groups (broad SMARTS) is 3. The number of phenols is 4. The lowest BCUT2D eigenvalue weighted by molar-refractivity contribution is -0.140. The molecule has 0 saturated carbocycles. The van der Waals surface area contributed by atoms with Gasteiger partial charge in [0.15, 0.2) is 30.2 Å². The molecule has 3 atom stereocenters. The number of aromatic nitrogens is 5. The number of nitrogens with two attached hydrogens (primary N) is 1. The molecule has 0 radical (unpaired) electrons. The number of benzene rings is 10. The summed E-state index contributed by atoms with van der Waals surface area (Å²) in [6, 6.07) is 48.3. The topological polar surface area (TPSA) is 467 Å². The van der Waals surface area contributed by atoms with E-state index in [0.717, 1.165) is 85.9 Å². The Morgan fingerprint density at radius 1 is 0.591 bits per heavy atom. The summed E-state index contributed by atoms with van der Waals surface area (Å²) >= 11 is 31.7. The van der Waals surface area contributed by atoms with E-state index in [9.17, 15) is 58.6 Å². The van der Waals surface area contributed by atoms with E-state index in [0.29, 0.717) is 87.8 Å². The van der Waals surface area contributed by atoms with Gasteiger partial charge in [-0.05, 0) is 358 Å². The number of hydrogen-bond acceptors (Lipinski definition) is 23.